The van der Waals surface area contributed by atoms with Crippen molar-refractivity contribution in [1.29, 1.82) is 0 Å². The highest BCUT2D eigenvalue weighted by atomic mass is 32.1. The van der Waals surface area contributed by atoms with Gasteiger partial charge < -0.3 is 47.4 Å². The van der Waals surface area contributed by atoms with Gasteiger partial charge in [-0.1, -0.05) is 0 Å². The van der Waals surface area contributed by atoms with Crippen LogP contribution in [0.1, 0.15) is 0 Å². The fourth-order valence-corrected chi connectivity index (χ4v) is 2.20. The van der Waals surface area contributed by atoms with E-state index in [1.807, 2.05) is 0 Å². The second kappa shape index (κ2) is 30.9. The Morgan fingerprint density at radius 2 is 0.500 bits per heavy atom. The molecule has 0 saturated carbocycles. The van der Waals surface area contributed by atoms with Crippen LogP contribution in [0.3, 0.4) is 0 Å². The Morgan fingerprint density at radius 3 is 0.688 bits per heavy atom. The number of hydrogen-bond acceptors (Lipinski definition) is 11. The van der Waals surface area contributed by atoms with Crippen molar-refractivity contribution in [3.8, 4) is 0 Å². The second-order valence-electron chi connectivity index (χ2n) is 6.23. The number of hydrogen-bond donors (Lipinski definition) is 1. The molecule has 0 radical (unpaired) electrons. The highest BCUT2D eigenvalue weighted by Gasteiger charge is 1.95. The largest absolute Gasteiger partial charge is 0.382 e. The normalized spacial score (nSPS) is 11.4. The fourth-order valence-electron chi connectivity index (χ4n) is 2.07. The summed E-state index contributed by atoms with van der Waals surface area (Å²) in [6.07, 6.45) is 0. The molecule has 0 amide bonds. The average Bonchev–Trinajstić information content (AvgIpc) is 2.81. The van der Waals surface area contributed by atoms with Crippen LogP contribution < -0.4 is 0 Å². The lowest BCUT2D eigenvalue weighted by Gasteiger charge is -2.08. The summed E-state index contributed by atoms with van der Waals surface area (Å²) < 4.78 is 53.2. The molecule has 0 bridgehead atoms. The van der Waals surface area contributed by atoms with Crippen molar-refractivity contribution in [2.75, 3.05) is 138 Å². The molecule has 0 rings (SSSR count). The van der Waals surface area contributed by atoms with Gasteiger partial charge in [-0.15, -0.1) is 0 Å². The first-order valence-corrected chi connectivity index (χ1v) is 11.8. The van der Waals surface area contributed by atoms with Gasteiger partial charge in [0.1, 0.15) is 0 Å². The van der Waals surface area contributed by atoms with Crippen LogP contribution in [0.15, 0.2) is 0 Å². The number of methoxy groups -OCH3 is 1. The minimum Gasteiger partial charge on any atom is -0.382 e. The van der Waals surface area contributed by atoms with E-state index in [0.717, 1.165) is 5.75 Å². The Bertz CT molecular complexity index is 299. The number of ether oxygens (including phenoxy) is 10. The van der Waals surface area contributed by atoms with Gasteiger partial charge in [0.2, 0.25) is 0 Å². The molecule has 32 heavy (non-hydrogen) atoms. The maximum atomic E-state index is 5.43. The molecule has 0 aliphatic heterocycles. The SMILES string of the molecule is COCCOCCOCCOCCOCCOCCOCCOCCOCCOCCS. The monoisotopic (exact) mass is 488 g/mol. The molecule has 11 heteroatoms. The van der Waals surface area contributed by atoms with Gasteiger partial charge in [-0.05, 0) is 0 Å². The van der Waals surface area contributed by atoms with Crippen molar-refractivity contribution in [3.05, 3.63) is 0 Å². The van der Waals surface area contributed by atoms with Crippen molar-refractivity contribution in [1.82, 2.24) is 0 Å². The van der Waals surface area contributed by atoms with Crippen molar-refractivity contribution < 1.29 is 47.4 Å². The second-order valence-corrected chi connectivity index (χ2v) is 6.67. The van der Waals surface area contributed by atoms with Gasteiger partial charge in [-0.3, -0.25) is 0 Å². The third-order valence-electron chi connectivity index (χ3n) is 3.64. The molecule has 0 saturated heterocycles. The Balaban J connectivity index is 2.98. The lowest BCUT2D eigenvalue weighted by atomic mass is 10.6. The van der Waals surface area contributed by atoms with Gasteiger partial charge in [0.05, 0.1) is 126 Å². The van der Waals surface area contributed by atoms with Crippen molar-refractivity contribution in [3.63, 3.8) is 0 Å². The molecule has 0 aliphatic rings. The van der Waals surface area contributed by atoms with Crippen LogP contribution in [0.4, 0.5) is 0 Å². The first-order chi connectivity index (χ1) is 15.9. The smallest absolute Gasteiger partial charge is 0.0701 e. The molecule has 0 spiro atoms. The summed E-state index contributed by atoms with van der Waals surface area (Å²) in [5.41, 5.74) is 0. The standard InChI is InChI=1S/C21H44O10S/c1-22-2-3-23-4-5-24-6-7-25-8-9-26-10-11-27-12-13-28-14-15-29-16-17-30-18-19-31-20-21-32/h32H,2-21H2,1H3. The molecule has 0 heterocycles. The third-order valence-corrected chi connectivity index (χ3v) is 3.83. The Morgan fingerprint density at radius 1 is 0.312 bits per heavy atom. The quantitative estimate of drug-likeness (QED) is 0.120. The van der Waals surface area contributed by atoms with E-state index in [2.05, 4.69) is 12.6 Å². The van der Waals surface area contributed by atoms with E-state index in [1.54, 1.807) is 7.11 Å². The molecule has 0 aromatic rings. The van der Waals surface area contributed by atoms with Gasteiger partial charge in [0.25, 0.3) is 0 Å². The predicted octanol–water partition coefficient (Wildman–Crippen LogP) is 0.712. The van der Waals surface area contributed by atoms with Gasteiger partial charge in [0.15, 0.2) is 0 Å². The van der Waals surface area contributed by atoms with E-state index >= 15 is 0 Å². The van der Waals surface area contributed by atoms with Gasteiger partial charge in [0, 0.05) is 12.9 Å². The zero-order valence-electron chi connectivity index (χ0n) is 19.7. The van der Waals surface area contributed by atoms with E-state index in [1.165, 1.54) is 0 Å². The summed E-state index contributed by atoms with van der Waals surface area (Å²) in [5, 5.41) is 0. The minimum atomic E-state index is 0.529. The minimum absolute atomic E-state index is 0.529. The summed E-state index contributed by atoms with van der Waals surface area (Å²) in [6, 6.07) is 0. The van der Waals surface area contributed by atoms with Gasteiger partial charge in [-0.25, -0.2) is 0 Å². The Hall–Kier alpha value is -0.0500. The Kier molecular flexibility index (Phi) is 30.9. The molecule has 0 atom stereocenters. The van der Waals surface area contributed by atoms with Gasteiger partial charge in [-0.2, -0.15) is 12.6 Å². The van der Waals surface area contributed by atoms with Crippen LogP contribution in [0, 0.1) is 0 Å². The van der Waals surface area contributed by atoms with Crippen molar-refractivity contribution >= 4 is 12.6 Å². The topological polar surface area (TPSA) is 92.3 Å². The number of thiol groups is 1. The number of rotatable bonds is 29. The van der Waals surface area contributed by atoms with Crippen LogP contribution in [-0.2, 0) is 47.4 Å². The molecule has 0 unspecified atom stereocenters. The summed E-state index contributed by atoms with van der Waals surface area (Å²) in [4.78, 5) is 0. The molecule has 194 valence electrons. The molecule has 0 fully saturated rings. The molecule has 0 aromatic heterocycles. The summed E-state index contributed by atoms with van der Waals surface area (Å²) in [7, 11) is 1.65. The lowest BCUT2D eigenvalue weighted by Crippen LogP contribution is -2.15. The highest BCUT2D eigenvalue weighted by Crippen LogP contribution is 1.86. The maximum Gasteiger partial charge on any atom is 0.0701 e. The molecular weight excluding hydrogens is 444 g/mol. The zero-order valence-corrected chi connectivity index (χ0v) is 20.6. The predicted molar refractivity (Wildman–Crippen MR) is 123 cm³/mol. The van der Waals surface area contributed by atoms with E-state index < -0.39 is 0 Å². The maximum absolute atomic E-state index is 5.43. The van der Waals surface area contributed by atoms with E-state index in [9.17, 15) is 0 Å². The summed E-state index contributed by atoms with van der Waals surface area (Å²) >= 11 is 4.06. The molecular formula is C21H44O10S. The first-order valence-electron chi connectivity index (χ1n) is 11.2. The van der Waals surface area contributed by atoms with E-state index in [0.29, 0.717) is 126 Å². The lowest BCUT2D eigenvalue weighted by molar-refractivity contribution is -0.0256. The van der Waals surface area contributed by atoms with E-state index in [-0.39, 0.29) is 0 Å². The van der Waals surface area contributed by atoms with Crippen molar-refractivity contribution in [2.24, 2.45) is 0 Å². The van der Waals surface area contributed by atoms with Crippen LogP contribution in [0.25, 0.3) is 0 Å². The molecule has 10 nitrogen and oxygen atoms in total. The van der Waals surface area contributed by atoms with Crippen LogP contribution in [-0.4, -0.2) is 138 Å². The molecule has 0 aromatic carbocycles. The molecule has 0 aliphatic carbocycles. The van der Waals surface area contributed by atoms with Crippen LogP contribution >= 0.6 is 12.6 Å². The van der Waals surface area contributed by atoms with Gasteiger partial charge >= 0.3 is 0 Å². The summed E-state index contributed by atoms with van der Waals surface area (Å²) in [6.45, 7) is 10.6. The van der Waals surface area contributed by atoms with Crippen LogP contribution in [0.2, 0.25) is 0 Å². The average molecular weight is 489 g/mol. The van der Waals surface area contributed by atoms with E-state index in [4.69, 9.17) is 47.4 Å². The van der Waals surface area contributed by atoms with Crippen molar-refractivity contribution in [2.45, 2.75) is 0 Å². The first kappa shape index (κ1) is 31.9. The zero-order chi connectivity index (χ0) is 23.2. The summed E-state index contributed by atoms with van der Waals surface area (Å²) in [5.74, 6) is 0.725. The molecule has 0 N–H and O–H groups in total. The fraction of sp³-hybridized carbons (Fsp3) is 1.00. The Labute approximate surface area is 198 Å². The van der Waals surface area contributed by atoms with Crippen LogP contribution in [0.5, 0.6) is 0 Å². The third kappa shape index (κ3) is 29.9. The highest BCUT2D eigenvalue weighted by molar-refractivity contribution is 7.80.